The zero-order valence-corrected chi connectivity index (χ0v) is 15.8. The summed E-state index contributed by atoms with van der Waals surface area (Å²) in [5, 5.41) is 1.22. The fourth-order valence-electron chi connectivity index (χ4n) is 5.53. The SMILES string of the molecule is CCC1CCC(C2CCC(c3ccc4c(F)c(F)ccc4c3)CC2)CC1. The van der Waals surface area contributed by atoms with Crippen molar-refractivity contribution in [3.8, 4) is 0 Å². The largest absolute Gasteiger partial charge is 0.204 e. The monoisotopic (exact) mass is 356 g/mol. The summed E-state index contributed by atoms with van der Waals surface area (Å²) in [6.45, 7) is 2.33. The number of hydrogen-bond acceptors (Lipinski definition) is 0. The maximum atomic E-state index is 13.9. The Labute approximate surface area is 156 Å². The van der Waals surface area contributed by atoms with Gasteiger partial charge in [0.15, 0.2) is 11.6 Å². The number of hydrogen-bond donors (Lipinski definition) is 0. The Morgan fingerprint density at radius 3 is 2.12 bits per heavy atom. The molecule has 0 heterocycles. The molecule has 0 N–H and O–H groups in total. The van der Waals surface area contributed by atoms with Crippen molar-refractivity contribution in [1.29, 1.82) is 0 Å². The van der Waals surface area contributed by atoms with E-state index in [1.54, 1.807) is 12.1 Å². The van der Waals surface area contributed by atoms with Crippen molar-refractivity contribution < 1.29 is 8.78 Å². The fraction of sp³-hybridized carbons (Fsp3) is 0.583. The van der Waals surface area contributed by atoms with Crippen LogP contribution in [0.1, 0.15) is 76.2 Å². The Bertz CT molecular complexity index is 750. The molecule has 0 aliphatic heterocycles. The van der Waals surface area contributed by atoms with Gasteiger partial charge >= 0.3 is 0 Å². The molecule has 2 aromatic rings. The lowest BCUT2D eigenvalue weighted by molar-refractivity contribution is 0.158. The van der Waals surface area contributed by atoms with Gasteiger partial charge in [0.25, 0.3) is 0 Å². The van der Waals surface area contributed by atoms with E-state index in [0.717, 1.165) is 23.1 Å². The maximum Gasteiger partial charge on any atom is 0.166 e. The molecule has 0 nitrogen and oxygen atoms in total. The van der Waals surface area contributed by atoms with Gasteiger partial charge in [0.2, 0.25) is 0 Å². The Kier molecular flexibility index (Phi) is 5.29. The maximum absolute atomic E-state index is 13.9. The van der Waals surface area contributed by atoms with E-state index < -0.39 is 11.6 Å². The first kappa shape index (κ1) is 17.9. The normalized spacial score (nSPS) is 29.8. The summed E-state index contributed by atoms with van der Waals surface area (Å²) < 4.78 is 27.3. The van der Waals surface area contributed by atoms with Gasteiger partial charge < -0.3 is 0 Å². The van der Waals surface area contributed by atoms with Crippen LogP contribution < -0.4 is 0 Å². The second-order valence-electron chi connectivity index (χ2n) is 8.64. The first-order valence-electron chi connectivity index (χ1n) is 10.5. The summed E-state index contributed by atoms with van der Waals surface area (Å²) in [6, 6.07) is 8.80. The van der Waals surface area contributed by atoms with Crippen LogP contribution in [0.15, 0.2) is 30.3 Å². The molecule has 0 aromatic heterocycles. The average Bonchev–Trinajstić information content (AvgIpc) is 2.71. The molecule has 140 valence electrons. The van der Waals surface area contributed by atoms with Crippen molar-refractivity contribution >= 4 is 10.8 Å². The predicted molar refractivity (Wildman–Crippen MR) is 104 cm³/mol. The zero-order valence-electron chi connectivity index (χ0n) is 15.8. The minimum atomic E-state index is -0.761. The van der Waals surface area contributed by atoms with Gasteiger partial charge in [-0.05, 0) is 79.2 Å². The van der Waals surface area contributed by atoms with Crippen molar-refractivity contribution in [2.75, 3.05) is 0 Å². The van der Waals surface area contributed by atoms with E-state index in [0.29, 0.717) is 11.3 Å². The third kappa shape index (κ3) is 3.52. The number of halogens is 2. The van der Waals surface area contributed by atoms with Crippen LogP contribution in [0.2, 0.25) is 0 Å². The molecular formula is C24H30F2. The Morgan fingerprint density at radius 1 is 0.808 bits per heavy atom. The molecule has 2 heteroatoms. The lowest BCUT2D eigenvalue weighted by Crippen LogP contribution is -2.25. The van der Waals surface area contributed by atoms with Crippen LogP contribution in [0.4, 0.5) is 8.78 Å². The van der Waals surface area contributed by atoms with Gasteiger partial charge in [-0.15, -0.1) is 0 Å². The molecule has 2 aromatic carbocycles. The van der Waals surface area contributed by atoms with E-state index in [4.69, 9.17) is 0 Å². The van der Waals surface area contributed by atoms with Crippen molar-refractivity contribution in [1.82, 2.24) is 0 Å². The van der Waals surface area contributed by atoms with E-state index in [9.17, 15) is 8.78 Å². The molecule has 0 spiro atoms. The smallest absolute Gasteiger partial charge is 0.166 e. The van der Waals surface area contributed by atoms with Crippen molar-refractivity contribution in [2.45, 2.75) is 70.6 Å². The van der Waals surface area contributed by atoms with Gasteiger partial charge in [-0.1, -0.05) is 50.5 Å². The molecule has 2 fully saturated rings. The molecule has 2 aliphatic rings. The van der Waals surface area contributed by atoms with Crippen LogP contribution >= 0.6 is 0 Å². The molecule has 0 radical (unpaired) electrons. The topological polar surface area (TPSA) is 0 Å². The molecule has 26 heavy (non-hydrogen) atoms. The first-order valence-corrected chi connectivity index (χ1v) is 10.5. The van der Waals surface area contributed by atoms with Gasteiger partial charge in [0.05, 0.1) is 0 Å². The summed E-state index contributed by atoms with van der Waals surface area (Å²) in [4.78, 5) is 0. The van der Waals surface area contributed by atoms with Crippen LogP contribution in [0.3, 0.4) is 0 Å². The van der Waals surface area contributed by atoms with E-state index >= 15 is 0 Å². The van der Waals surface area contributed by atoms with E-state index in [1.807, 2.05) is 6.07 Å². The second kappa shape index (κ2) is 7.66. The van der Waals surface area contributed by atoms with Crippen LogP contribution in [0.5, 0.6) is 0 Å². The van der Waals surface area contributed by atoms with Crippen LogP contribution in [-0.2, 0) is 0 Å². The minimum absolute atomic E-state index is 0.398. The van der Waals surface area contributed by atoms with Gasteiger partial charge in [-0.3, -0.25) is 0 Å². The van der Waals surface area contributed by atoms with Gasteiger partial charge in [0, 0.05) is 5.39 Å². The lowest BCUT2D eigenvalue weighted by Gasteiger charge is -2.38. The van der Waals surface area contributed by atoms with Crippen molar-refractivity contribution in [3.63, 3.8) is 0 Å². The molecule has 2 saturated carbocycles. The number of rotatable bonds is 3. The lowest BCUT2D eigenvalue weighted by atomic mass is 9.68. The second-order valence-corrected chi connectivity index (χ2v) is 8.64. The third-order valence-corrected chi connectivity index (χ3v) is 7.31. The number of fused-ring (bicyclic) bond motifs is 1. The highest BCUT2D eigenvalue weighted by molar-refractivity contribution is 5.84. The van der Waals surface area contributed by atoms with Crippen LogP contribution in [0, 0.1) is 29.4 Å². The Balaban J connectivity index is 1.40. The molecule has 2 aliphatic carbocycles. The summed E-state index contributed by atoms with van der Waals surface area (Å²) in [5.74, 6) is 1.94. The molecule has 4 rings (SSSR count). The highest BCUT2D eigenvalue weighted by atomic mass is 19.2. The Hall–Kier alpha value is -1.44. The molecule has 0 atom stereocenters. The predicted octanol–water partition coefficient (Wildman–Crippen LogP) is 7.61. The highest BCUT2D eigenvalue weighted by Crippen LogP contribution is 2.44. The zero-order chi connectivity index (χ0) is 18.1. The third-order valence-electron chi connectivity index (χ3n) is 7.31. The quantitative estimate of drug-likeness (QED) is 0.531. The molecule has 0 saturated heterocycles. The summed E-state index contributed by atoms with van der Waals surface area (Å²) >= 11 is 0. The van der Waals surface area contributed by atoms with E-state index in [2.05, 4.69) is 13.0 Å². The van der Waals surface area contributed by atoms with Crippen LogP contribution in [0.25, 0.3) is 10.8 Å². The fourth-order valence-corrected chi connectivity index (χ4v) is 5.53. The van der Waals surface area contributed by atoms with Gasteiger partial charge in [-0.2, -0.15) is 0 Å². The van der Waals surface area contributed by atoms with Crippen molar-refractivity contribution in [2.24, 2.45) is 17.8 Å². The summed E-state index contributed by atoms with van der Waals surface area (Å²) in [7, 11) is 0. The van der Waals surface area contributed by atoms with Gasteiger partial charge in [-0.25, -0.2) is 8.78 Å². The van der Waals surface area contributed by atoms with E-state index in [-0.39, 0.29) is 0 Å². The molecular weight excluding hydrogens is 326 g/mol. The van der Waals surface area contributed by atoms with Crippen molar-refractivity contribution in [3.05, 3.63) is 47.5 Å². The van der Waals surface area contributed by atoms with E-state index in [1.165, 1.54) is 69.4 Å². The summed E-state index contributed by atoms with van der Waals surface area (Å²) in [5.41, 5.74) is 1.30. The highest BCUT2D eigenvalue weighted by Gasteiger charge is 2.31. The molecule has 0 bridgehead atoms. The Morgan fingerprint density at radius 2 is 1.46 bits per heavy atom. The standard InChI is InChI=1S/C24H30F2/c1-2-16-3-5-17(6-4-16)18-7-9-19(10-8-18)20-11-13-22-21(15-20)12-14-23(25)24(22)26/h11-19H,2-10H2,1H3. The number of benzene rings is 2. The first-order chi connectivity index (χ1) is 12.7. The minimum Gasteiger partial charge on any atom is -0.204 e. The average molecular weight is 357 g/mol. The molecule has 0 unspecified atom stereocenters. The van der Waals surface area contributed by atoms with Crippen LogP contribution in [-0.4, -0.2) is 0 Å². The summed E-state index contributed by atoms with van der Waals surface area (Å²) in [6.07, 6.45) is 12.3. The molecule has 0 amide bonds. The van der Waals surface area contributed by atoms with Gasteiger partial charge in [0.1, 0.15) is 0 Å².